The molecule has 3 rings (SSSR count). The Kier molecular flexibility index (Phi) is 4.24. The molecule has 1 N–H and O–H groups in total. The average Bonchev–Trinajstić information content (AvgIpc) is 3.08. The van der Waals surface area contributed by atoms with Crippen LogP contribution >= 0.6 is 0 Å². The molecule has 0 aromatic heterocycles. The van der Waals surface area contributed by atoms with E-state index < -0.39 is 11.8 Å². The lowest BCUT2D eigenvalue weighted by Crippen LogP contribution is -2.34. The van der Waals surface area contributed by atoms with Crippen molar-refractivity contribution in [1.29, 1.82) is 0 Å². The van der Waals surface area contributed by atoms with Gasteiger partial charge in [0.1, 0.15) is 5.82 Å². The first-order valence-corrected chi connectivity index (χ1v) is 7.91. The van der Waals surface area contributed by atoms with Crippen LogP contribution in [0.25, 0.3) is 0 Å². The minimum absolute atomic E-state index is 0.243. The first kappa shape index (κ1) is 14.5. The number of hydrogen-bond donors (Lipinski definition) is 1. The molecule has 2 fully saturated rings. The molecule has 1 aromatic carbocycles. The molecule has 3 nitrogen and oxygen atoms in total. The summed E-state index contributed by atoms with van der Waals surface area (Å²) < 4.78 is 13.8. The molecule has 1 aliphatic carbocycles. The molecule has 0 radical (unpaired) electrons. The van der Waals surface area contributed by atoms with Crippen molar-refractivity contribution in [2.24, 2.45) is 5.92 Å². The van der Waals surface area contributed by atoms with E-state index in [2.05, 4.69) is 4.90 Å². The molecular formula is C17H22FNO2. The molecular weight excluding hydrogens is 269 g/mol. The lowest BCUT2D eigenvalue weighted by atomic mass is 9.95. The molecule has 114 valence electrons. The maximum atomic E-state index is 13.8. The molecule has 1 aromatic rings. The van der Waals surface area contributed by atoms with E-state index >= 15 is 0 Å². The van der Waals surface area contributed by atoms with Gasteiger partial charge in [-0.2, -0.15) is 0 Å². The Balaban J connectivity index is 1.70. The predicted octanol–water partition coefficient (Wildman–Crippen LogP) is 3.68. The minimum atomic E-state index is -1.20. The summed E-state index contributed by atoms with van der Waals surface area (Å²) in [5, 5.41) is 8.88. The van der Waals surface area contributed by atoms with Crippen molar-refractivity contribution < 1.29 is 14.3 Å². The normalized spacial score (nSPS) is 23.8. The molecule has 1 unspecified atom stereocenters. The van der Waals surface area contributed by atoms with Crippen LogP contribution in [-0.2, 0) is 6.54 Å². The molecule has 4 heteroatoms. The third-order valence-corrected chi connectivity index (χ3v) is 5.01. The molecule has 0 amide bonds. The quantitative estimate of drug-likeness (QED) is 0.920. The fourth-order valence-corrected chi connectivity index (χ4v) is 3.99. The van der Waals surface area contributed by atoms with Crippen molar-refractivity contribution in [3.63, 3.8) is 0 Å². The maximum Gasteiger partial charge on any atom is 0.338 e. The van der Waals surface area contributed by atoms with Gasteiger partial charge in [-0.25, -0.2) is 9.18 Å². The van der Waals surface area contributed by atoms with Gasteiger partial charge in [0.25, 0.3) is 0 Å². The molecule has 1 saturated heterocycles. The van der Waals surface area contributed by atoms with Crippen molar-refractivity contribution in [1.82, 2.24) is 4.90 Å². The first-order valence-electron chi connectivity index (χ1n) is 7.91. The Morgan fingerprint density at radius 3 is 2.67 bits per heavy atom. The Labute approximate surface area is 124 Å². The fourth-order valence-electron chi connectivity index (χ4n) is 3.99. The third-order valence-electron chi connectivity index (χ3n) is 5.01. The van der Waals surface area contributed by atoms with Crippen molar-refractivity contribution in [3.05, 3.63) is 35.1 Å². The second kappa shape index (κ2) is 6.14. The number of nitrogens with zero attached hydrogens (tertiary/aromatic N) is 1. The SMILES string of the molecule is O=C(O)c1ccc(CN2CCCC2C2CCCC2)cc1F. The van der Waals surface area contributed by atoms with Gasteiger partial charge < -0.3 is 5.11 Å². The van der Waals surface area contributed by atoms with Gasteiger partial charge in [0.15, 0.2) is 0 Å². The predicted molar refractivity (Wildman–Crippen MR) is 78.7 cm³/mol. The standard InChI is InChI=1S/C17H22FNO2/c18-15-10-12(7-8-14(15)17(20)21)11-19-9-3-6-16(19)13-4-1-2-5-13/h7-8,10,13,16H,1-6,9,11H2,(H,20,21). The number of rotatable bonds is 4. The van der Waals surface area contributed by atoms with Gasteiger partial charge in [0.05, 0.1) is 5.56 Å². The largest absolute Gasteiger partial charge is 0.478 e. The summed E-state index contributed by atoms with van der Waals surface area (Å²) >= 11 is 0. The summed E-state index contributed by atoms with van der Waals surface area (Å²) in [5.74, 6) is -1.03. The van der Waals surface area contributed by atoms with E-state index in [-0.39, 0.29) is 5.56 Å². The van der Waals surface area contributed by atoms with E-state index in [1.54, 1.807) is 6.07 Å². The molecule has 1 aliphatic heterocycles. The van der Waals surface area contributed by atoms with Crippen LogP contribution in [0.5, 0.6) is 0 Å². The lowest BCUT2D eigenvalue weighted by molar-refractivity contribution is 0.0692. The number of likely N-dealkylation sites (tertiary alicyclic amines) is 1. The van der Waals surface area contributed by atoms with Crippen LogP contribution in [0, 0.1) is 11.7 Å². The lowest BCUT2D eigenvalue weighted by Gasteiger charge is -2.29. The maximum absolute atomic E-state index is 13.8. The summed E-state index contributed by atoms with van der Waals surface area (Å²) in [4.78, 5) is 13.3. The van der Waals surface area contributed by atoms with Gasteiger partial charge in [0, 0.05) is 12.6 Å². The number of aromatic carboxylic acids is 1. The van der Waals surface area contributed by atoms with Gasteiger partial charge >= 0.3 is 5.97 Å². The molecule has 21 heavy (non-hydrogen) atoms. The average molecular weight is 291 g/mol. The molecule has 0 spiro atoms. The van der Waals surface area contributed by atoms with Crippen molar-refractivity contribution in [2.45, 2.75) is 51.1 Å². The van der Waals surface area contributed by atoms with Crippen molar-refractivity contribution >= 4 is 5.97 Å². The molecule has 1 saturated carbocycles. The number of halogens is 1. The summed E-state index contributed by atoms with van der Waals surface area (Å²) in [6.45, 7) is 1.81. The number of carboxylic acids is 1. The molecule has 0 bridgehead atoms. The number of benzene rings is 1. The van der Waals surface area contributed by atoms with E-state index in [0.717, 1.165) is 24.6 Å². The van der Waals surface area contributed by atoms with Gasteiger partial charge in [0.2, 0.25) is 0 Å². The Bertz CT molecular complexity index is 526. The number of carbonyl (C=O) groups is 1. The van der Waals surface area contributed by atoms with E-state index in [9.17, 15) is 9.18 Å². The highest BCUT2D eigenvalue weighted by Crippen LogP contribution is 2.36. The Hall–Kier alpha value is -1.42. The van der Waals surface area contributed by atoms with E-state index in [1.165, 1.54) is 50.7 Å². The third kappa shape index (κ3) is 3.10. The molecule has 1 heterocycles. The highest BCUT2D eigenvalue weighted by molar-refractivity contribution is 5.87. The topological polar surface area (TPSA) is 40.5 Å². The summed E-state index contributed by atoms with van der Waals surface area (Å²) in [6, 6.07) is 5.15. The van der Waals surface area contributed by atoms with Gasteiger partial charge in [-0.05, 0) is 55.8 Å². The van der Waals surface area contributed by atoms with Crippen LogP contribution in [0.2, 0.25) is 0 Å². The van der Waals surface area contributed by atoms with E-state index in [1.807, 2.05) is 0 Å². The zero-order valence-corrected chi connectivity index (χ0v) is 12.2. The van der Waals surface area contributed by atoms with Crippen LogP contribution in [0.3, 0.4) is 0 Å². The highest BCUT2D eigenvalue weighted by atomic mass is 19.1. The summed E-state index contributed by atoms with van der Waals surface area (Å²) in [7, 11) is 0. The smallest absolute Gasteiger partial charge is 0.338 e. The second-order valence-electron chi connectivity index (χ2n) is 6.34. The molecule has 2 aliphatic rings. The first-order chi connectivity index (χ1) is 10.1. The Morgan fingerprint density at radius 2 is 2.00 bits per heavy atom. The zero-order valence-electron chi connectivity index (χ0n) is 12.2. The number of hydrogen-bond acceptors (Lipinski definition) is 2. The van der Waals surface area contributed by atoms with Crippen LogP contribution in [-0.4, -0.2) is 28.6 Å². The monoisotopic (exact) mass is 291 g/mol. The number of carboxylic acid groups (broad SMARTS) is 1. The van der Waals surface area contributed by atoms with Crippen LogP contribution in [0.15, 0.2) is 18.2 Å². The molecule has 1 atom stereocenters. The fraction of sp³-hybridized carbons (Fsp3) is 0.588. The van der Waals surface area contributed by atoms with Gasteiger partial charge in [-0.1, -0.05) is 18.9 Å². The highest BCUT2D eigenvalue weighted by Gasteiger charge is 2.33. The van der Waals surface area contributed by atoms with Crippen molar-refractivity contribution in [3.8, 4) is 0 Å². The van der Waals surface area contributed by atoms with E-state index in [0.29, 0.717) is 6.04 Å². The van der Waals surface area contributed by atoms with Gasteiger partial charge in [-0.15, -0.1) is 0 Å². The summed E-state index contributed by atoms with van der Waals surface area (Å²) in [6.07, 6.45) is 7.81. The Morgan fingerprint density at radius 1 is 1.24 bits per heavy atom. The van der Waals surface area contributed by atoms with Crippen molar-refractivity contribution in [2.75, 3.05) is 6.54 Å². The second-order valence-corrected chi connectivity index (χ2v) is 6.34. The minimum Gasteiger partial charge on any atom is -0.478 e. The summed E-state index contributed by atoms with van der Waals surface area (Å²) in [5.41, 5.74) is 0.634. The van der Waals surface area contributed by atoms with E-state index in [4.69, 9.17) is 5.11 Å². The van der Waals surface area contributed by atoms with Crippen LogP contribution in [0.1, 0.15) is 54.4 Å². The zero-order chi connectivity index (χ0) is 14.8. The van der Waals surface area contributed by atoms with Gasteiger partial charge in [-0.3, -0.25) is 4.90 Å². The van der Waals surface area contributed by atoms with Crippen LogP contribution < -0.4 is 0 Å². The van der Waals surface area contributed by atoms with Crippen LogP contribution in [0.4, 0.5) is 4.39 Å².